The number of hydrogen-bond acceptors (Lipinski definition) is 2. The fourth-order valence-corrected chi connectivity index (χ4v) is 3.19. The van der Waals surface area contributed by atoms with Crippen LogP contribution in [0, 0.1) is 5.92 Å². The Hall–Kier alpha value is -0.830. The maximum Gasteiger partial charge on any atom is 0.303 e. The highest BCUT2D eigenvalue weighted by Gasteiger charge is 1.96. The first-order valence-electron chi connectivity index (χ1n) is 12.5. The molecule has 0 spiro atoms. The molecule has 0 heterocycles. The Balaban J connectivity index is 0. The zero-order chi connectivity index (χ0) is 22.0. The highest BCUT2D eigenvalue weighted by atomic mass is 16.4. The Morgan fingerprint density at radius 3 is 1.69 bits per heavy atom. The van der Waals surface area contributed by atoms with Crippen LogP contribution in [0.3, 0.4) is 0 Å². The van der Waals surface area contributed by atoms with Gasteiger partial charge in [-0.05, 0) is 44.4 Å². The molecule has 0 saturated heterocycles. The van der Waals surface area contributed by atoms with Crippen LogP contribution in [0.1, 0.15) is 136 Å². The van der Waals surface area contributed by atoms with Gasteiger partial charge in [-0.3, -0.25) is 4.79 Å². The molecule has 0 aliphatic carbocycles. The average molecular weight is 413 g/mol. The number of aliphatic hydroxyl groups is 1. The molecule has 0 aromatic rings. The monoisotopic (exact) mass is 412 g/mol. The van der Waals surface area contributed by atoms with Crippen molar-refractivity contribution in [3.05, 3.63) is 12.2 Å². The van der Waals surface area contributed by atoms with Gasteiger partial charge < -0.3 is 10.2 Å². The van der Waals surface area contributed by atoms with E-state index in [2.05, 4.69) is 32.9 Å². The predicted octanol–water partition coefficient (Wildman–Crippen LogP) is 8.30. The van der Waals surface area contributed by atoms with Crippen LogP contribution >= 0.6 is 0 Å². The normalized spacial score (nSPS) is 11.1. The standard InChI is InChI=1S/C18H34O2.C8H18O/c1-2-3-4-5-6-7-8-9-10-11-12-13-14-15-16-17-18(19)20;1-8(2)6-4-3-5-7-9/h9-10H,2-8,11-17H2,1H3,(H,19,20);8-9H,3-7H2,1-2H3/b10-9-;. The topological polar surface area (TPSA) is 57.5 Å². The molecule has 0 unspecified atom stereocenters. The van der Waals surface area contributed by atoms with Crippen LogP contribution in [0.4, 0.5) is 0 Å². The van der Waals surface area contributed by atoms with Crippen molar-refractivity contribution >= 4 is 5.97 Å². The average Bonchev–Trinajstić information content (AvgIpc) is 2.68. The number of aliphatic carboxylic acids is 1. The Labute approximate surface area is 182 Å². The minimum Gasteiger partial charge on any atom is -0.481 e. The van der Waals surface area contributed by atoms with Gasteiger partial charge in [0.05, 0.1) is 0 Å². The molecular weight excluding hydrogens is 360 g/mol. The lowest BCUT2D eigenvalue weighted by Gasteiger charge is -2.01. The third kappa shape index (κ3) is 35.0. The molecule has 0 aliphatic rings. The van der Waals surface area contributed by atoms with E-state index in [1.54, 1.807) is 0 Å². The quantitative estimate of drug-likeness (QED) is 0.156. The summed E-state index contributed by atoms with van der Waals surface area (Å²) >= 11 is 0. The van der Waals surface area contributed by atoms with Gasteiger partial charge in [-0.25, -0.2) is 0 Å². The first kappa shape index (κ1) is 30.4. The molecule has 0 fully saturated rings. The number of carboxylic acids is 1. The molecule has 0 aromatic carbocycles. The van der Waals surface area contributed by atoms with Crippen LogP contribution in [-0.4, -0.2) is 22.8 Å². The molecule has 3 heteroatoms. The van der Waals surface area contributed by atoms with Crippen LogP contribution in [-0.2, 0) is 4.79 Å². The zero-order valence-electron chi connectivity index (χ0n) is 20.0. The second-order valence-corrected chi connectivity index (χ2v) is 8.69. The number of allylic oxidation sites excluding steroid dienone is 2. The summed E-state index contributed by atoms with van der Waals surface area (Å²) in [5.74, 6) is 0.159. The summed E-state index contributed by atoms with van der Waals surface area (Å²) in [6, 6.07) is 0. The Kier molecular flexibility index (Phi) is 28.4. The van der Waals surface area contributed by atoms with Gasteiger partial charge in [-0.2, -0.15) is 0 Å². The number of unbranched alkanes of at least 4 members (excludes halogenated alkanes) is 13. The molecule has 0 rings (SSSR count). The smallest absolute Gasteiger partial charge is 0.303 e. The van der Waals surface area contributed by atoms with E-state index in [1.165, 1.54) is 89.9 Å². The van der Waals surface area contributed by atoms with E-state index in [0.29, 0.717) is 13.0 Å². The number of carboxylic acid groups (broad SMARTS) is 1. The molecule has 2 N–H and O–H groups in total. The minimum atomic E-state index is -0.664. The Morgan fingerprint density at radius 2 is 1.21 bits per heavy atom. The van der Waals surface area contributed by atoms with Crippen molar-refractivity contribution in [2.45, 2.75) is 136 Å². The fraction of sp³-hybridized carbons (Fsp3) is 0.885. The summed E-state index contributed by atoms with van der Waals surface area (Å²) in [5, 5.41) is 16.9. The molecule has 0 radical (unpaired) electrons. The highest BCUT2D eigenvalue weighted by molar-refractivity contribution is 5.66. The van der Waals surface area contributed by atoms with E-state index in [-0.39, 0.29) is 0 Å². The van der Waals surface area contributed by atoms with Gasteiger partial charge in [0.1, 0.15) is 0 Å². The highest BCUT2D eigenvalue weighted by Crippen LogP contribution is 2.10. The van der Waals surface area contributed by atoms with Crippen LogP contribution in [0.2, 0.25) is 0 Å². The summed E-state index contributed by atoms with van der Waals surface area (Å²) in [6.07, 6.45) is 26.0. The predicted molar refractivity (Wildman–Crippen MR) is 127 cm³/mol. The van der Waals surface area contributed by atoms with Gasteiger partial charge in [-0.1, -0.05) is 104 Å². The third-order valence-electron chi connectivity index (χ3n) is 5.09. The lowest BCUT2D eigenvalue weighted by Crippen LogP contribution is -1.93. The minimum absolute atomic E-state index is 0.332. The first-order valence-corrected chi connectivity index (χ1v) is 12.5. The van der Waals surface area contributed by atoms with Crippen LogP contribution < -0.4 is 0 Å². The van der Waals surface area contributed by atoms with Crippen molar-refractivity contribution in [1.29, 1.82) is 0 Å². The van der Waals surface area contributed by atoms with E-state index in [1.807, 2.05) is 0 Å². The number of aliphatic hydroxyl groups excluding tert-OH is 1. The molecule has 3 nitrogen and oxygen atoms in total. The molecule has 0 aromatic heterocycles. The van der Waals surface area contributed by atoms with E-state index in [4.69, 9.17) is 10.2 Å². The van der Waals surface area contributed by atoms with Gasteiger partial charge in [-0.15, -0.1) is 0 Å². The molecule has 174 valence electrons. The van der Waals surface area contributed by atoms with Crippen LogP contribution in [0.5, 0.6) is 0 Å². The molecule has 0 bridgehead atoms. The van der Waals surface area contributed by atoms with Gasteiger partial charge in [0.15, 0.2) is 0 Å². The Morgan fingerprint density at radius 1 is 0.724 bits per heavy atom. The zero-order valence-corrected chi connectivity index (χ0v) is 20.0. The van der Waals surface area contributed by atoms with Crippen molar-refractivity contribution in [3.63, 3.8) is 0 Å². The second-order valence-electron chi connectivity index (χ2n) is 8.69. The number of rotatable bonds is 20. The fourth-order valence-electron chi connectivity index (χ4n) is 3.19. The molecule has 29 heavy (non-hydrogen) atoms. The summed E-state index contributed by atoms with van der Waals surface area (Å²) in [6.45, 7) is 7.09. The second kappa shape index (κ2) is 27.2. The molecule has 0 saturated carbocycles. The van der Waals surface area contributed by atoms with Crippen molar-refractivity contribution < 1.29 is 15.0 Å². The maximum atomic E-state index is 10.3. The summed E-state index contributed by atoms with van der Waals surface area (Å²) in [5.41, 5.74) is 0. The number of hydrogen-bond donors (Lipinski definition) is 2. The van der Waals surface area contributed by atoms with Crippen molar-refractivity contribution in [2.24, 2.45) is 5.92 Å². The molecule has 0 atom stereocenters. The summed E-state index contributed by atoms with van der Waals surface area (Å²) in [7, 11) is 0. The molecule has 0 amide bonds. The lowest BCUT2D eigenvalue weighted by atomic mass is 10.1. The van der Waals surface area contributed by atoms with E-state index < -0.39 is 5.97 Å². The van der Waals surface area contributed by atoms with Crippen molar-refractivity contribution in [2.75, 3.05) is 6.61 Å². The van der Waals surface area contributed by atoms with E-state index in [9.17, 15) is 4.79 Å². The van der Waals surface area contributed by atoms with E-state index >= 15 is 0 Å². The number of carbonyl (C=O) groups is 1. The van der Waals surface area contributed by atoms with Gasteiger partial charge in [0.25, 0.3) is 0 Å². The Bertz CT molecular complexity index is 337. The van der Waals surface area contributed by atoms with Crippen molar-refractivity contribution in [3.8, 4) is 0 Å². The maximum absolute atomic E-state index is 10.3. The van der Waals surface area contributed by atoms with Crippen molar-refractivity contribution in [1.82, 2.24) is 0 Å². The molecular formula is C26H52O3. The first-order chi connectivity index (χ1) is 14.0. The van der Waals surface area contributed by atoms with Gasteiger partial charge in [0, 0.05) is 13.0 Å². The summed E-state index contributed by atoms with van der Waals surface area (Å²) < 4.78 is 0. The van der Waals surface area contributed by atoms with Crippen LogP contribution in [0.25, 0.3) is 0 Å². The largest absolute Gasteiger partial charge is 0.481 e. The SMILES string of the molecule is CC(C)CCCCCO.CCCCCCCC/C=C\CCCCCCCC(=O)O. The molecule has 0 aliphatic heterocycles. The van der Waals surface area contributed by atoms with E-state index in [0.717, 1.165) is 25.2 Å². The van der Waals surface area contributed by atoms with Crippen LogP contribution in [0.15, 0.2) is 12.2 Å². The summed E-state index contributed by atoms with van der Waals surface area (Å²) in [4.78, 5) is 10.3. The third-order valence-corrected chi connectivity index (χ3v) is 5.09. The lowest BCUT2D eigenvalue weighted by molar-refractivity contribution is -0.137. The van der Waals surface area contributed by atoms with Gasteiger partial charge in [0.2, 0.25) is 0 Å². The van der Waals surface area contributed by atoms with Gasteiger partial charge >= 0.3 is 5.97 Å².